The third-order valence-electron chi connectivity index (χ3n) is 1.46. The molecule has 0 amide bonds. The first-order valence-corrected chi connectivity index (χ1v) is 6.13. The van der Waals surface area contributed by atoms with Crippen LogP contribution >= 0.6 is 11.3 Å². The van der Waals surface area contributed by atoms with Gasteiger partial charge in [-0.1, -0.05) is 6.92 Å². The fraction of sp³-hybridized carbons (Fsp3) is 0.500. The maximum atomic E-state index is 11.1. The lowest BCUT2D eigenvalue weighted by atomic mass is 10.6. The molecule has 0 aliphatic rings. The summed E-state index contributed by atoms with van der Waals surface area (Å²) in [5.74, 6) is 0.488. The third-order valence-corrected chi connectivity index (χ3v) is 4.10. The van der Waals surface area contributed by atoms with E-state index >= 15 is 0 Å². The lowest BCUT2D eigenvalue weighted by molar-refractivity contribution is 0.597. The van der Waals surface area contributed by atoms with Gasteiger partial charge in [-0.25, -0.2) is 13.4 Å². The second kappa shape index (κ2) is 3.40. The zero-order valence-corrected chi connectivity index (χ0v) is 8.28. The fourth-order valence-corrected chi connectivity index (χ4v) is 2.72. The maximum Gasteiger partial charge on any atom is 0.155 e. The van der Waals surface area contributed by atoms with Crippen LogP contribution in [0.25, 0.3) is 0 Å². The van der Waals surface area contributed by atoms with Gasteiger partial charge in [0.25, 0.3) is 0 Å². The first-order chi connectivity index (χ1) is 5.55. The Morgan fingerprint density at radius 1 is 1.67 bits per heavy atom. The van der Waals surface area contributed by atoms with Gasteiger partial charge in [0.15, 0.2) is 9.84 Å². The normalized spacial score (nSPS) is 11.8. The molecule has 0 aliphatic heterocycles. The molecule has 2 N–H and O–H groups in total. The van der Waals surface area contributed by atoms with Gasteiger partial charge in [0.1, 0.15) is 5.82 Å². The molecule has 0 radical (unpaired) electrons. The average molecular weight is 206 g/mol. The Hall–Kier alpha value is -0.620. The second-order valence-corrected chi connectivity index (χ2v) is 5.63. The van der Waals surface area contributed by atoms with Crippen LogP contribution < -0.4 is 5.73 Å². The number of hydrogen-bond donors (Lipinski definition) is 1. The molecule has 1 aromatic rings. The summed E-state index contributed by atoms with van der Waals surface area (Å²) in [6, 6.07) is 0. The molecule has 0 aliphatic carbocycles. The molecule has 4 nitrogen and oxygen atoms in total. The zero-order chi connectivity index (χ0) is 9.19. The van der Waals surface area contributed by atoms with E-state index in [1.165, 1.54) is 11.3 Å². The standard InChI is InChI=1S/C6H10N2O2S2/c1-2-12(9,10)3-5-6(7)8-4-11-5/h4H,2-3,7H2,1H3. The Labute approximate surface area is 75.4 Å². The molecule has 0 spiro atoms. The summed E-state index contributed by atoms with van der Waals surface area (Å²) in [5, 5.41) is 0. The summed E-state index contributed by atoms with van der Waals surface area (Å²) in [6.07, 6.45) is 0. The number of anilines is 1. The number of nitrogens with zero attached hydrogens (tertiary/aromatic N) is 1. The first kappa shape index (κ1) is 9.47. The van der Waals surface area contributed by atoms with Crippen molar-refractivity contribution in [3.05, 3.63) is 10.4 Å². The Kier molecular flexibility index (Phi) is 2.69. The van der Waals surface area contributed by atoms with Gasteiger partial charge < -0.3 is 5.73 Å². The van der Waals surface area contributed by atoms with Crippen LogP contribution in [-0.2, 0) is 15.6 Å². The van der Waals surface area contributed by atoms with Crippen LogP contribution in [-0.4, -0.2) is 19.2 Å². The summed E-state index contributed by atoms with van der Waals surface area (Å²) >= 11 is 1.28. The Bertz CT molecular complexity index is 355. The van der Waals surface area contributed by atoms with Crippen LogP contribution in [0.3, 0.4) is 0 Å². The predicted molar refractivity (Wildman–Crippen MR) is 49.7 cm³/mol. The van der Waals surface area contributed by atoms with E-state index in [1.807, 2.05) is 0 Å². The van der Waals surface area contributed by atoms with Crippen LogP contribution in [0.15, 0.2) is 5.51 Å². The van der Waals surface area contributed by atoms with Crippen molar-refractivity contribution < 1.29 is 8.42 Å². The molecule has 68 valence electrons. The van der Waals surface area contributed by atoms with Crippen LogP contribution in [0.2, 0.25) is 0 Å². The van der Waals surface area contributed by atoms with Gasteiger partial charge in [0, 0.05) is 5.75 Å². The van der Waals surface area contributed by atoms with E-state index < -0.39 is 9.84 Å². The van der Waals surface area contributed by atoms with Crippen molar-refractivity contribution in [2.45, 2.75) is 12.7 Å². The number of sulfone groups is 1. The summed E-state index contributed by atoms with van der Waals surface area (Å²) in [6.45, 7) is 1.62. The highest BCUT2D eigenvalue weighted by Crippen LogP contribution is 2.18. The van der Waals surface area contributed by atoms with Crippen molar-refractivity contribution in [2.75, 3.05) is 11.5 Å². The van der Waals surface area contributed by atoms with E-state index in [1.54, 1.807) is 12.4 Å². The molecular formula is C6H10N2O2S2. The van der Waals surface area contributed by atoms with Gasteiger partial charge in [-0.2, -0.15) is 0 Å². The molecule has 12 heavy (non-hydrogen) atoms. The summed E-state index contributed by atoms with van der Waals surface area (Å²) < 4.78 is 22.3. The molecule has 1 rings (SSSR count). The van der Waals surface area contributed by atoms with Gasteiger partial charge in [0.05, 0.1) is 16.1 Å². The minimum Gasteiger partial charge on any atom is -0.383 e. The Balaban J connectivity index is 2.84. The van der Waals surface area contributed by atoms with E-state index in [-0.39, 0.29) is 11.5 Å². The van der Waals surface area contributed by atoms with Crippen LogP contribution in [0, 0.1) is 0 Å². The van der Waals surface area contributed by atoms with E-state index in [0.29, 0.717) is 10.7 Å². The molecule has 0 saturated heterocycles. The van der Waals surface area contributed by atoms with Gasteiger partial charge in [-0.3, -0.25) is 0 Å². The Morgan fingerprint density at radius 3 is 2.75 bits per heavy atom. The minimum atomic E-state index is -2.97. The minimum absolute atomic E-state index is 0.0139. The highest BCUT2D eigenvalue weighted by molar-refractivity contribution is 7.90. The Morgan fingerprint density at radius 2 is 2.33 bits per heavy atom. The highest BCUT2D eigenvalue weighted by Gasteiger charge is 2.12. The van der Waals surface area contributed by atoms with E-state index in [0.717, 1.165) is 0 Å². The molecule has 1 aromatic heterocycles. The molecule has 0 aromatic carbocycles. The predicted octanol–water partition coefficient (Wildman–Crippen LogP) is 0.660. The molecule has 1 heterocycles. The van der Waals surface area contributed by atoms with Gasteiger partial charge in [0.2, 0.25) is 0 Å². The molecular weight excluding hydrogens is 196 g/mol. The summed E-state index contributed by atoms with van der Waals surface area (Å²) in [4.78, 5) is 4.40. The smallest absolute Gasteiger partial charge is 0.155 e. The second-order valence-electron chi connectivity index (χ2n) is 2.34. The number of nitrogen functional groups attached to an aromatic ring is 1. The van der Waals surface area contributed by atoms with Crippen LogP contribution in [0.5, 0.6) is 0 Å². The number of aromatic nitrogens is 1. The number of rotatable bonds is 3. The molecule has 0 bridgehead atoms. The van der Waals surface area contributed by atoms with Crippen molar-refractivity contribution in [1.29, 1.82) is 0 Å². The molecule has 0 atom stereocenters. The van der Waals surface area contributed by atoms with Crippen molar-refractivity contribution in [3.63, 3.8) is 0 Å². The summed E-state index contributed by atoms with van der Waals surface area (Å²) in [7, 11) is -2.97. The van der Waals surface area contributed by atoms with Crippen LogP contribution in [0.1, 0.15) is 11.8 Å². The van der Waals surface area contributed by atoms with E-state index in [9.17, 15) is 8.42 Å². The molecule has 0 unspecified atom stereocenters. The van der Waals surface area contributed by atoms with E-state index in [2.05, 4.69) is 4.98 Å². The largest absolute Gasteiger partial charge is 0.383 e. The zero-order valence-electron chi connectivity index (χ0n) is 6.65. The van der Waals surface area contributed by atoms with Crippen molar-refractivity contribution in [2.24, 2.45) is 0 Å². The molecule has 0 fully saturated rings. The van der Waals surface area contributed by atoms with Crippen molar-refractivity contribution in [1.82, 2.24) is 4.98 Å². The fourth-order valence-electron chi connectivity index (χ4n) is 0.689. The van der Waals surface area contributed by atoms with Gasteiger partial charge in [-0.05, 0) is 0 Å². The monoisotopic (exact) mass is 206 g/mol. The molecule has 6 heteroatoms. The van der Waals surface area contributed by atoms with Crippen molar-refractivity contribution >= 4 is 27.0 Å². The van der Waals surface area contributed by atoms with Gasteiger partial charge in [-0.15, -0.1) is 11.3 Å². The topological polar surface area (TPSA) is 73.0 Å². The quantitative estimate of drug-likeness (QED) is 0.788. The lowest BCUT2D eigenvalue weighted by Gasteiger charge is -1.97. The van der Waals surface area contributed by atoms with E-state index in [4.69, 9.17) is 5.73 Å². The first-order valence-electron chi connectivity index (χ1n) is 3.43. The maximum absolute atomic E-state index is 11.1. The number of hydrogen-bond acceptors (Lipinski definition) is 5. The third kappa shape index (κ3) is 2.18. The van der Waals surface area contributed by atoms with Crippen LogP contribution in [0.4, 0.5) is 5.82 Å². The van der Waals surface area contributed by atoms with Gasteiger partial charge >= 0.3 is 0 Å². The SMILES string of the molecule is CCS(=O)(=O)Cc1scnc1N. The highest BCUT2D eigenvalue weighted by atomic mass is 32.2. The molecule has 0 saturated carbocycles. The summed E-state index contributed by atoms with van der Waals surface area (Å²) in [5.41, 5.74) is 6.99. The van der Waals surface area contributed by atoms with Crippen molar-refractivity contribution in [3.8, 4) is 0 Å². The number of thiazole rings is 1. The average Bonchev–Trinajstić information content (AvgIpc) is 2.36. The lowest BCUT2D eigenvalue weighted by Crippen LogP contribution is -2.06. The number of nitrogens with two attached hydrogens (primary N) is 1.